The molecule has 0 spiro atoms. The summed E-state index contributed by atoms with van der Waals surface area (Å²) >= 11 is 0. The first kappa shape index (κ1) is 16.7. The smallest absolute Gasteiger partial charge is 0.260 e. The number of carbonyl (C=O) groups is 1. The molecule has 4 nitrogen and oxygen atoms in total. The highest BCUT2D eigenvalue weighted by molar-refractivity contribution is 5.77. The second-order valence-corrected chi connectivity index (χ2v) is 5.79. The lowest BCUT2D eigenvalue weighted by molar-refractivity contribution is -0.133. The molecular weight excluding hydrogens is 290 g/mol. The van der Waals surface area contributed by atoms with Crippen LogP contribution >= 0.6 is 0 Å². The number of hydrogen-bond acceptors (Lipinski definition) is 3. The largest absolute Gasteiger partial charge is 0.481 e. The molecule has 0 saturated carbocycles. The fourth-order valence-electron chi connectivity index (χ4n) is 2.67. The second kappa shape index (κ2) is 7.54. The average molecular weight is 312 g/mol. The van der Waals surface area contributed by atoms with Crippen molar-refractivity contribution in [2.45, 2.75) is 25.3 Å². The number of rotatable bonds is 4. The van der Waals surface area contributed by atoms with Gasteiger partial charge in [-0.15, -0.1) is 0 Å². The van der Waals surface area contributed by atoms with Crippen LogP contribution in [0.2, 0.25) is 0 Å². The van der Waals surface area contributed by atoms with Crippen LogP contribution in [0.25, 0.3) is 0 Å². The first-order chi connectivity index (χ1) is 10.5. The third kappa shape index (κ3) is 4.40. The van der Waals surface area contributed by atoms with E-state index in [0.29, 0.717) is 19.1 Å². The Morgan fingerprint density at radius 3 is 2.77 bits per heavy atom. The monoisotopic (exact) mass is 312 g/mol. The highest BCUT2D eigenvalue weighted by Gasteiger charge is 2.22. The summed E-state index contributed by atoms with van der Waals surface area (Å²) in [4.78, 5) is 16.1. The van der Waals surface area contributed by atoms with E-state index in [0.717, 1.165) is 31.4 Å². The van der Waals surface area contributed by atoms with E-state index in [9.17, 15) is 13.6 Å². The Bertz CT molecular complexity index is 523. The molecule has 1 saturated heterocycles. The van der Waals surface area contributed by atoms with Gasteiger partial charge in [0.1, 0.15) is 5.82 Å². The molecule has 1 atom stereocenters. The third-order valence-electron chi connectivity index (χ3n) is 4.03. The van der Waals surface area contributed by atoms with Crippen LogP contribution in [0, 0.1) is 11.6 Å². The van der Waals surface area contributed by atoms with Gasteiger partial charge < -0.3 is 14.5 Å². The molecule has 1 aromatic carbocycles. The molecule has 6 heteroatoms. The molecule has 2 rings (SSSR count). The number of carbonyl (C=O) groups excluding carboxylic acids is 1. The van der Waals surface area contributed by atoms with E-state index < -0.39 is 11.6 Å². The number of benzene rings is 1. The Morgan fingerprint density at radius 2 is 2.09 bits per heavy atom. The van der Waals surface area contributed by atoms with E-state index in [-0.39, 0.29) is 18.3 Å². The summed E-state index contributed by atoms with van der Waals surface area (Å²) in [6, 6.07) is 3.53. The molecule has 0 radical (unpaired) electrons. The molecule has 122 valence electrons. The van der Waals surface area contributed by atoms with Crippen molar-refractivity contribution in [3.63, 3.8) is 0 Å². The molecule has 0 aliphatic carbocycles. The van der Waals surface area contributed by atoms with Gasteiger partial charge in [-0.05, 0) is 45.5 Å². The lowest BCUT2D eigenvalue weighted by Crippen LogP contribution is -2.36. The molecule has 1 aromatic rings. The van der Waals surface area contributed by atoms with Crippen LogP contribution in [0.5, 0.6) is 5.75 Å². The van der Waals surface area contributed by atoms with Crippen molar-refractivity contribution >= 4 is 5.91 Å². The van der Waals surface area contributed by atoms with Gasteiger partial charge in [0.15, 0.2) is 18.2 Å². The van der Waals surface area contributed by atoms with Crippen LogP contribution < -0.4 is 4.74 Å². The van der Waals surface area contributed by atoms with Crippen molar-refractivity contribution in [1.82, 2.24) is 9.80 Å². The number of likely N-dealkylation sites (tertiary alicyclic amines) is 1. The third-order valence-corrected chi connectivity index (χ3v) is 4.03. The van der Waals surface area contributed by atoms with Crippen LogP contribution in [0.15, 0.2) is 18.2 Å². The number of hydrogen-bond donors (Lipinski definition) is 0. The summed E-state index contributed by atoms with van der Waals surface area (Å²) in [6.07, 6.45) is 2.92. The van der Waals surface area contributed by atoms with Gasteiger partial charge in [0.05, 0.1) is 0 Å². The molecule has 1 aliphatic heterocycles. The number of ether oxygens (including phenoxy) is 1. The minimum Gasteiger partial charge on any atom is -0.481 e. The standard InChI is InChI=1S/C16H22F2N2O2/c1-19(2)13-4-3-8-20(9-7-13)16(21)11-22-15-6-5-12(17)10-14(15)18/h5-6,10,13H,3-4,7-9,11H2,1-2H3/t13-/m0/s1. The molecule has 0 aromatic heterocycles. The molecule has 22 heavy (non-hydrogen) atoms. The number of nitrogens with zero attached hydrogens (tertiary/aromatic N) is 2. The molecule has 0 bridgehead atoms. The fourth-order valence-corrected chi connectivity index (χ4v) is 2.67. The maximum absolute atomic E-state index is 13.5. The van der Waals surface area contributed by atoms with Gasteiger partial charge in [-0.1, -0.05) is 0 Å². The average Bonchev–Trinajstić information content (AvgIpc) is 2.72. The van der Waals surface area contributed by atoms with Gasteiger partial charge in [0.2, 0.25) is 0 Å². The Kier molecular flexibility index (Phi) is 5.71. The molecular formula is C16H22F2N2O2. The Labute approximate surface area is 129 Å². The predicted octanol–water partition coefficient (Wildman–Crippen LogP) is 2.29. The summed E-state index contributed by atoms with van der Waals surface area (Å²) < 4.78 is 31.4. The van der Waals surface area contributed by atoms with Crippen molar-refractivity contribution in [2.75, 3.05) is 33.8 Å². The lowest BCUT2D eigenvalue weighted by Gasteiger charge is -2.23. The molecule has 0 N–H and O–H groups in total. The van der Waals surface area contributed by atoms with Gasteiger partial charge in [-0.2, -0.15) is 0 Å². The normalized spacial score (nSPS) is 19.1. The van der Waals surface area contributed by atoms with Crippen LogP contribution in [0.4, 0.5) is 8.78 Å². The topological polar surface area (TPSA) is 32.8 Å². The van der Waals surface area contributed by atoms with Crippen molar-refractivity contribution in [3.05, 3.63) is 29.8 Å². The van der Waals surface area contributed by atoms with Gasteiger partial charge in [0.25, 0.3) is 5.91 Å². The van der Waals surface area contributed by atoms with Gasteiger partial charge >= 0.3 is 0 Å². The number of amides is 1. The van der Waals surface area contributed by atoms with Crippen molar-refractivity contribution < 1.29 is 18.3 Å². The summed E-state index contributed by atoms with van der Waals surface area (Å²) in [5, 5.41) is 0. The van der Waals surface area contributed by atoms with E-state index in [1.54, 1.807) is 4.90 Å². The fraction of sp³-hybridized carbons (Fsp3) is 0.562. The predicted molar refractivity (Wildman–Crippen MR) is 79.8 cm³/mol. The quantitative estimate of drug-likeness (QED) is 0.855. The van der Waals surface area contributed by atoms with Gasteiger partial charge in [-0.25, -0.2) is 8.78 Å². The van der Waals surface area contributed by atoms with E-state index in [1.807, 2.05) is 14.1 Å². The van der Waals surface area contributed by atoms with Gasteiger partial charge in [0, 0.05) is 25.2 Å². The Morgan fingerprint density at radius 1 is 1.32 bits per heavy atom. The molecule has 1 aliphatic rings. The van der Waals surface area contributed by atoms with Gasteiger partial charge in [-0.3, -0.25) is 4.79 Å². The molecule has 1 amide bonds. The molecule has 0 unspecified atom stereocenters. The van der Waals surface area contributed by atoms with E-state index in [1.165, 1.54) is 6.07 Å². The second-order valence-electron chi connectivity index (χ2n) is 5.79. The number of halogens is 2. The van der Waals surface area contributed by atoms with Crippen LogP contribution in [-0.4, -0.2) is 55.5 Å². The summed E-state index contributed by atoms with van der Waals surface area (Å²) in [6.45, 7) is 1.14. The first-order valence-electron chi connectivity index (χ1n) is 7.49. The maximum atomic E-state index is 13.5. The minimum absolute atomic E-state index is 0.101. The van der Waals surface area contributed by atoms with Crippen LogP contribution in [-0.2, 0) is 4.79 Å². The Hall–Kier alpha value is -1.69. The minimum atomic E-state index is -0.795. The zero-order valence-electron chi connectivity index (χ0n) is 13.0. The summed E-state index contributed by atoms with van der Waals surface area (Å²) in [5.41, 5.74) is 0. The maximum Gasteiger partial charge on any atom is 0.260 e. The van der Waals surface area contributed by atoms with E-state index in [4.69, 9.17) is 4.74 Å². The molecule has 1 fully saturated rings. The van der Waals surface area contributed by atoms with Crippen LogP contribution in [0.1, 0.15) is 19.3 Å². The highest BCUT2D eigenvalue weighted by atomic mass is 19.1. The zero-order chi connectivity index (χ0) is 16.1. The zero-order valence-corrected chi connectivity index (χ0v) is 13.0. The van der Waals surface area contributed by atoms with E-state index in [2.05, 4.69) is 4.90 Å². The summed E-state index contributed by atoms with van der Waals surface area (Å²) in [7, 11) is 4.09. The van der Waals surface area contributed by atoms with Crippen molar-refractivity contribution in [3.8, 4) is 5.75 Å². The highest BCUT2D eigenvalue weighted by Crippen LogP contribution is 2.18. The SMILES string of the molecule is CN(C)[C@H]1CCCN(C(=O)COc2ccc(F)cc2F)CC1. The van der Waals surface area contributed by atoms with E-state index >= 15 is 0 Å². The lowest BCUT2D eigenvalue weighted by atomic mass is 10.1. The van der Waals surface area contributed by atoms with Crippen LogP contribution in [0.3, 0.4) is 0 Å². The van der Waals surface area contributed by atoms with Crippen molar-refractivity contribution in [1.29, 1.82) is 0 Å². The summed E-state index contributed by atoms with van der Waals surface area (Å²) in [5.74, 6) is -1.73. The first-order valence-corrected chi connectivity index (χ1v) is 7.49. The molecule has 1 heterocycles. The van der Waals surface area contributed by atoms with Crippen molar-refractivity contribution in [2.24, 2.45) is 0 Å². The Balaban J connectivity index is 1.87.